The van der Waals surface area contributed by atoms with Gasteiger partial charge in [0.25, 0.3) is 0 Å². The van der Waals surface area contributed by atoms with Gasteiger partial charge in [0.2, 0.25) is 0 Å². The van der Waals surface area contributed by atoms with Crippen LogP contribution in [-0.2, 0) is 0 Å². The SMILES string of the molecule is N#CC(Br)C(O)c1ccccc1. The molecule has 0 aliphatic rings. The molecule has 0 fully saturated rings. The van der Waals surface area contributed by atoms with Gasteiger partial charge in [-0.3, -0.25) is 0 Å². The minimum absolute atomic E-state index is 0.542. The van der Waals surface area contributed by atoms with E-state index in [9.17, 15) is 5.11 Å². The van der Waals surface area contributed by atoms with Crippen molar-refractivity contribution in [2.75, 3.05) is 0 Å². The molecule has 1 rings (SSSR count). The zero-order chi connectivity index (χ0) is 8.97. The molecule has 2 unspecified atom stereocenters. The lowest BCUT2D eigenvalue weighted by Gasteiger charge is -2.10. The second-order valence-corrected chi connectivity index (χ2v) is 3.37. The van der Waals surface area contributed by atoms with Crippen LogP contribution in [-0.4, -0.2) is 9.93 Å². The van der Waals surface area contributed by atoms with Crippen LogP contribution in [0.2, 0.25) is 0 Å². The van der Waals surface area contributed by atoms with Gasteiger partial charge in [0.05, 0.1) is 6.07 Å². The van der Waals surface area contributed by atoms with Crippen LogP contribution in [0.25, 0.3) is 0 Å². The normalized spacial score (nSPS) is 14.8. The molecule has 3 heteroatoms. The molecule has 0 bridgehead atoms. The Kier molecular flexibility index (Phi) is 3.27. The summed E-state index contributed by atoms with van der Waals surface area (Å²) in [6.45, 7) is 0. The summed E-state index contributed by atoms with van der Waals surface area (Å²) in [5, 5.41) is 18.0. The van der Waals surface area contributed by atoms with Crippen LogP contribution in [0.15, 0.2) is 30.3 Å². The van der Waals surface area contributed by atoms with Gasteiger partial charge in [0.15, 0.2) is 0 Å². The average molecular weight is 226 g/mol. The van der Waals surface area contributed by atoms with Gasteiger partial charge in [-0.2, -0.15) is 5.26 Å². The molecule has 2 nitrogen and oxygen atoms in total. The van der Waals surface area contributed by atoms with E-state index >= 15 is 0 Å². The molecule has 0 aromatic heterocycles. The maximum Gasteiger partial charge on any atom is 0.131 e. The van der Waals surface area contributed by atoms with Crippen molar-refractivity contribution in [1.82, 2.24) is 0 Å². The molecule has 0 heterocycles. The third-order valence-corrected chi connectivity index (χ3v) is 2.25. The molecule has 0 saturated heterocycles. The van der Waals surface area contributed by atoms with Crippen molar-refractivity contribution in [1.29, 1.82) is 5.26 Å². The Balaban J connectivity index is 2.80. The Bertz CT molecular complexity index is 280. The number of rotatable bonds is 2. The van der Waals surface area contributed by atoms with Crippen molar-refractivity contribution in [3.05, 3.63) is 35.9 Å². The molecule has 1 aromatic rings. The highest BCUT2D eigenvalue weighted by Crippen LogP contribution is 2.20. The fraction of sp³-hybridized carbons (Fsp3) is 0.222. The molecule has 0 saturated carbocycles. The van der Waals surface area contributed by atoms with E-state index < -0.39 is 10.9 Å². The highest BCUT2D eigenvalue weighted by Gasteiger charge is 2.16. The number of hydrogen-bond acceptors (Lipinski definition) is 2. The first kappa shape index (κ1) is 9.24. The van der Waals surface area contributed by atoms with Gasteiger partial charge in [0.1, 0.15) is 10.9 Å². The quantitative estimate of drug-likeness (QED) is 0.784. The van der Waals surface area contributed by atoms with Gasteiger partial charge >= 0.3 is 0 Å². The summed E-state index contributed by atoms with van der Waals surface area (Å²) in [6.07, 6.45) is -0.754. The van der Waals surface area contributed by atoms with E-state index in [0.717, 1.165) is 5.56 Å². The van der Waals surface area contributed by atoms with Crippen molar-refractivity contribution in [3.63, 3.8) is 0 Å². The maximum absolute atomic E-state index is 9.52. The Labute approximate surface area is 79.6 Å². The molecule has 0 aliphatic carbocycles. The Morgan fingerprint density at radius 3 is 2.42 bits per heavy atom. The van der Waals surface area contributed by atoms with E-state index in [1.54, 1.807) is 12.1 Å². The van der Waals surface area contributed by atoms with Gasteiger partial charge in [0, 0.05) is 0 Å². The predicted molar refractivity (Wildman–Crippen MR) is 49.7 cm³/mol. The lowest BCUT2D eigenvalue weighted by atomic mass is 10.1. The third kappa shape index (κ3) is 2.07. The fourth-order valence-corrected chi connectivity index (χ4v) is 1.20. The highest BCUT2D eigenvalue weighted by atomic mass is 79.9. The summed E-state index contributed by atoms with van der Waals surface area (Å²) in [4.78, 5) is -0.542. The Hall–Kier alpha value is -0.850. The third-order valence-electron chi connectivity index (χ3n) is 1.54. The monoisotopic (exact) mass is 225 g/mol. The van der Waals surface area contributed by atoms with E-state index in [0.29, 0.717) is 0 Å². The van der Waals surface area contributed by atoms with Crippen LogP contribution >= 0.6 is 15.9 Å². The van der Waals surface area contributed by atoms with Crippen molar-refractivity contribution < 1.29 is 5.11 Å². The van der Waals surface area contributed by atoms with Gasteiger partial charge in [-0.05, 0) is 5.56 Å². The van der Waals surface area contributed by atoms with Crippen molar-refractivity contribution in [2.24, 2.45) is 0 Å². The second-order valence-electron chi connectivity index (χ2n) is 2.39. The Morgan fingerprint density at radius 1 is 1.33 bits per heavy atom. The molecule has 2 atom stereocenters. The van der Waals surface area contributed by atoms with Crippen molar-refractivity contribution in [2.45, 2.75) is 10.9 Å². The summed E-state index contributed by atoms with van der Waals surface area (Å²) in [7, 11) is 0. The van der Waals surface area contributed by atoms with E-state index in [-0.39, 0.29) is 0 Å². The van der Waals surface area contributed by atoms with E-state index in [1.807, 2.05) is 24.3 Å². The van der Waals surface area contributed by atoms with Crippen LogP contribution in [0.3, 0.4) is 0 Å². The number of benzene rings is 1. The number of nitriles is 1. The molecular formula is C9H8BrNO. The molecule has 0 spiro atoms. The number of aliphatic hydroxyl groups excluding tert-OH is 1. The second kappa shape index (κ2) is 4.24. The van der Waals surface area contributed by atoms with Crippen LogP contribution in [0.1, 0.15) is 11.7 Å². The first-order valence-corrected chi connectivity index (χ1v) is 4.44. The van der Waals surface area contributed by atoms with Crippen molar-refractivity contribution >= 4 is 15.9 Å². The molecule has 0 radical (unpaired) electrons. The minimum Gasteiger partial charge on any atom is -0.386 e. The van der Waals surface area contributed by atoms with E-state index in [4.69, 9.17) is 5.26 Å². The lowest BCUT2D eigenvalue weighted by molar-refractivity contribution is 0.190. The molecular weight excluding hydrogens is 218 g/mol. The number of aliphatic hydroxyl groups is 1. The van der Waals surface area contributed by atoms with E-state index in [2.05, 4.69) is 15.9 Å². The average Bonchev–Trinajstić information content (AvgIpc) is 2.17. The van der Waals surface area contributed by atoms with Crippen molar-refractivity contribution in [3.8, 4) is 6.07 Å². The molecule has 12 heavy (non-hydrogen) atoms. The number of alkyl halides is 1. The smallest absolute Gasteiger partial charge is 0.131 e. The van der Waals surface area contributed by atoms with Gasteiger partial charge in [-0.1, -0.05) is 46.3 Å². The zero-order valence-electron chi connectivity index (χ0n) is 6.31. The molecule has 0 amide bonds. The van der Waals surface area contributed by atoms with Gasteiger partial charge in [-0.15, -0.1) is 0 Å². The summed E-state index contributed by atoms with van der Waals surface area (Å²) >= 11 is 3.07. The van der Waals surface area contributed by atoms with Gasteiger partial charge in [-0.25, -0.2) is 0 Å². The summed E-state index contributed by atoms with van der Waals surface area (Å²) in [5.74, 6) is 0. The summed E-state index contributed by atoms with van der Waals surface area (Å²) < 4.78 is 0. The number of halogens is 1. The standard InChI is InChI=1S/C9H8BrNO/c10-8(6-11)9(12)7-4-2-1-3-5-7/h1-5,8-9,12H. The van der Waals surface area contributed by atoms with Crippen LogP contribution in [0, 0.1) is 11.3 Å². The lowest BCUT2D eigenvalue weighted by Crippen LogP contribution is -2.08. The van der Waals surface area contributed by atoms with E-state index in [1.165, 1.54) is 0 Å². The first-order chi connectivity index (χ1) is 5.75. The van der Waals surface area contributed by atoms with Crippen LogP contribution in [0.5, 0.6) is 0 Å². The Morgan fingerprint density at radius 2 is 1.92 bits per heavy atom. The molecule has 62 valence electrons. The summed E-state index contributed by atoms with van der Waals surface area (Å²) in [5.41, 5.74) is 0.751. The topological polar surface area (TPSA) is 44.0 Å². The minimum atomic E-state index is -0.754. The zero-order valence-corrected chi connectivity index (χ0v) is 7.90. The first-order valence-electron chi connectivity index (χ1n) is 3.52. The molecule has 1 aromatic carbocycles. The molecule has 0 aliphatic heterocycles. The summed E-state index contributed by atoms with van der Waals surface area (Å²) in [6, 6.07) is 11.0. The maximum atomic E-state index is 9.52. The predicted octanol–water partition coefficient (Wildman–Crippen LogP) is 2.01. The highest BCUT2D eigenvalue weighted by molar-refractivity contribution is 9.09. The van der Waals surface area contributed by atoms with Crippen LogP contribution in [0.4, 0.5) is 0 Å². The largest absolute Gasteiger partial charge is 0.386 e. The van der Waals surface area contributed by atoms with Crippen LogP contribution < -0.4 is 0 Å². The fourth-order valence-electron chi connectivity index (χ4n) is 0.890. The number of hydrogen-bond donors (Lipinski definition) is 1. The molecule has 1 N–H and O–H groups in total. The number of nitrogens with zero attached hydrogens (tertiary/aromatic N) is 1. The van der Waals surface area contributed by atoms with Gasteiger partial charge < -0.3 is 5.11 Å².